The third-order valence-electron chi connectivity index (χ3n) is 2.69. The molecule has 0 spiro atoms. The summed E-state index contributed by atoms with van der Waals surface area (Å²) in [5.74, 6) is -0.385. The molecule has 2 N–H and O–H groups in total. The van der Waals surface area contributed by atoms with Crippen LogP contribution in [0.3, 0.4) is 0 Å². The summed E-state index contributed by atoms with van der Waals surface area (Å²) >= 11 is 0. The number of carbonyl (C=O) groups is 1. The molecule has 2 aromatic rings. The minimum atomic E-state index is -4.38. The highest BCUT2D eigenvalue weighted by Crippen LogP contribution is 2.29. The van der Waals surface area contributed by atoms with Crippen molar-refractivity contribution in [3.05, 3.63) is 65.5 Å². The van der Waals surface area contributed by atoms with Crippen LogP contribution in [0.5, 0.6) is 0 Å². The van der Waals surface area contributed by atoms with Gasteiger partial charge < -0.3 is 0 Å². The molecule has 21 heavy (non-hydrogen) atoms. The van der Waals surface area contributed by atoms with Gasteiger partial charge in [-0.3, -0.25) is 15.2 Å². The summed E-state index contributed by atoms with van der Waals surface area (Å²) in [5, 5.41) is 0. The van der Waals surface area contributed by atoms with E-state index in [1.807, 2.05) is 0 Å². The fourth-order valence-corrected chi connectivity index (χ4v) is 1.66. The summed E-state index contributed by atoms with van der Waals surface area (Å²) in [6, 6.07) is 7.96. The fourth-order valence-electron chi connectivity index (χ4n) is 1.66. The molecule has 0 fully saturated rings. The van der Waals surface area contributed by atoms with Gasteiger partial charge in [-0.1, -0.05) is 18.2 Å². The van der Waals surface area contributed by atoms with E-state index in [0.29, 0.717) is 11.1 Å². The number of rotatable bonds is 4. The van der Waals surface area contributed by atoms with Crippen molar-refractivity contribution in [2.45, 2.75) is 12.7 Å². The number of amides is 1. The van der Waals surface area contributed by atoms with Crippen LogP contribution in [0.15, 0.2) is 48.8 Å². The molecule has 0 radical (unpaired) electrons. The number of aromatic nitrogens is 1. The predicted molar refractivity (Wildman–Crippen MR) is 70.0 cm³/mol. The number of pyridine rings is 1. The minimum Gasteiger partial charge on any atom is -0.287 e. The van der Waals surface area contributed by atoms with Gasteiger partial charge in [-0.15, -0.1) is 0 Å². The third kappa shape index (κ3) is 4.28. The van der Waals surface area contributed by atoms with Crippen molar-refractivity contribution in [3.63, 3.8) is 0 Å². The Balaban J connectivity index is 1.91. The zero-order valence-corrected chi connectivity index (χ0v) is 10.8. The number of carbonyl (C=O) groups excluding carboxylic acids is 1. The van der Waals surface area contributed by atoms with Gasteiger partial charge in [0.1, 0.15) is 0 Å². The molecule has 0 unspecified atom stereocenters. The van der Waals surface area contributed by atoms with Gasteiger partial charge in [0.25, 0.3) is 5.91 Å². The number of nitrogens with one attached hydrogen (secondary N) is 2. The van der Waals surface area contributed by atoms with Crippen LogP contribution in [0.25, 0.3) is 0 Å². The van der Waals surface area contributed by atoms with Crippen LogP contribution in [0.1, 0.15) is 21.5 Å². The first-order valence-electron chi connectivity index (χ1n) is 6.06. The van der Waals surface area contributed by atoms with E-state index >= 15 is 0 Å². The Morgan fingerprint density at radius 1 is 1.14 bits per heavy atom. The van der Waals surface area contributed by atoms with Crippen molar-refractivity contribution in [2.75, 3.05) is 0 Å². The maximum Gasteiger partial charge on any atom is 0.416 e. The van der Waals surface area contributed by atoms with Gasteiger partial charge >= 0.3 is 6.18 Å². The van der Waals surface area contributed by atoms with E-state index in [-0.39, 0.29) is 12.5 Å². The standard InChI is InChI=1S/C14H12F3N3O/c15-14(16,17)12-3-1-2-10(8-12)9-19-20-13(21)11-4-6-18-7-5-11/h1-8,19H,9H2,(H,20,21). The SMILES string of the molecule is O=C(NNCc1cccc(C(F)(F)F)c1)c1ccncc1. The summed E-state index contributed by atoms with van der Waals surface area (Å²) in [4.78, 5) is 15.5. The molecule has 7 heteroatoms. The Morgan fingerprint density at radius 2 is 1.86 bits per heavy atom. The van der Waals surface area contributed by atoms with Gasteiger partial charge in [-0.2, -0.15) is 13.2 Å². The predicted octanol–water partition coefficient (Wildman–Crippen LogP) is 2.54. The number of nitrogens with zero attached hydrogens (tertiary/aromatic N) is 1. The quantitative estimate of drug-likeness (QED) is 0.852. The maximum absolute atomic E-state index is 12.5. The molecule has 4 nitrogen and oxygen atoms in total. The smallest absolute Gasteiger partial charge is 0.287 e. The normalized spacial score (nSPS) is 11.2. The van der Waals surface area contributed by atoms with Crippen LogP contribution in [0.4, 0.5) is 13.2 Å². The number of hydrogen-bond donors (Lipinski definition) is 2. The molecule has 0 aliphatic rings. The highest BCUT2D eigenvalue weighted by molar-refractivity contribution is 5.93. The first-order valence-corrected chi connectivity index (χ1v) is 6.06. The summed E-state index contributed by atoms with van der Waals surface area (Å²) in [5.41, 5.74) is 5.10. The second-order valence-corrected chi connectivity index (χ2v) is 4.24. The molecule has 0 atom stereocenters. The Bertz CT molecular complexity index is 614. The average Bonchev–Trinajstić information content (AvgIpc) is 2.47. The molecule has 0 bridgehead atoms. The monoisotopic (exact) mass is 295 g/mol. The van der Waals surface area contributed by atoms with E-state index in [0.717, 1.165) is 12.1 Å². The number of alkyl halides is 3. The summed E-state index contributed by atoms with van der Waals surface area (Å²) in [7, 11) is 0. The van der Waals surface area contributed by atoms with Crippen molar-refractivity contribution in [2.24, 2.45) is 0 Å². The second-order valence-electron chi connectivity index (χ2n) is 4.24. The molecular formula is C14H12F3N3O. The van der Waals surface area contributed by atoms with Crippen molar-refractivity contribution in [1.29, 1.82) is 0 Å². The van der Waals surface area contributed by atoms with Gasteiger partial charge in [-0.05, 0) is 23.8 Å². The molecule has 1 heterocycles. The Hall–Kier alpha value is -2.41. The zero-order chi connectivity index (χ0) is 15.3. The molecule has 1 aromatic heterocycles. The molecule has 1 aromatic carbocycles. The number of hydrazine groups is 1. The lowest BCUT2D eigenvalue weighted by Gasteiger charge is -2.10. The minimum absolute atomic E-state index is 0.0841. The van der Waals surface area contributed by atoms with Crippen LogP contribution in [0, 0.1) is 0 Å². The molecule has 2 rings (SSSR count). The van der Waals surface area contributed by atoms with E-state index in [1.165, 1.54) is 30.6 Å². The van der Waals surface area contributed by atoms with E-state index < -0.39 is 11.7 Å². The summed E-state index contributed by atoms with van der Waals surface area (Å²) in [6.07, 6.45) is -1.43. The van der Waals surface area contributed by atoms with Gasteiger partial charge in [0.15, 0.2) is 0 Å². The molecule has 1 amide bonds. The van der Waals surface area contributed by atoms with Crippen molar-refractivity contribution < 1.29 is 18.0 Å². The summed E-state index contributed by atoms with van der Waals surface area (Å²) in [6.45, 7) is 0.0841. The topological polar surface area (TPSA) is 54.0 Å². The van der Waals surface area contributed by atoms with Crippen LogP contribution < -0.4 is 10.9 Å². The number of benzene rings is 1. The van der Waals surface area contributed by atoms with E-state index in [2.05, 4.69) is 15.8 Å². The molecule has 0 aliphatic heterocycles. The molecular weight excluding hydrogens is 283 g/mol. The zero-order valence-electron chi connectivity index (χ0n) is 10.8. The largest absolute Gasteiger partial charge is 0.416 e. The van der Waals surface area contributed by atoms with Crippen LogP contribution in [-0.2, 0) is 12.7 Å². The summed E-state index contributed by atoms with van der Waals surface area (Å²) < 4.78 is 37.6. The first kappa shape index (κ1) is 15.0. The first-order chi connectivity index (χ1) is 9.97. The highest BCUT2D eigenvalue weighted by atomic mass is 19.4. The second kappa shape index (κ2) is 6.36. The van der Waals surface area contributed by atoms with E-state index in [9.17, 15) is 18.0 Å². The Labute approximate surface area is 119 Å². The molecule has 0 saturated heterocycles. The van der Waals surface area contributed by atoms with Crippen LogP contribution >= 0.6 is 0 Å². The lowest BCUT2D eigenvalue weighted by atomic mass is 10.1. The Morgan fingerprint density at radius 3 is 2.52 bits per heavy atom. The van der Waals surface area contributed by atoms with Gasteiger partial charge in [-0.25, -0.2) is 5.43 Å². The van der Waals surface area contributed by atoms with Gasteiger partial charge in [0, 0.05) is 24.5 Å². The number of hydrogen-bond acceptors (Lipinski definition) is 3. The van der Waals surface area contributed by atoms with E-state index in [1.54, 1.807) is 6.07 Å². The highest BCUT2D eigenvalue weighted by Gasteiger charge is 2.30. The van der Waals surface area contributed by atoms with Crippen LogP contribution in [0.2, 0.25) is 0 Å². The Kier molecular flexibility index (Phi) is 4.54. The lowest BCUT2D eigenvalue weighted by molar-refractivity contribution is -0.137. The maximum atomic E-state index is 12.5. The van der Waals surface area contributed by atoms with Crippen molar-refractivity contribution >= 4 is 5.91 Å². The molecule has 0 aliphatic carbocycles. The van der Waals surface area contributed by atoms with Gasteiger partial charge in [0.2, 0.25) is 0 Å². The third-order valence-corrected chi connectivity index (χ3v) is 2.69. The van der Waals surface area contributed by atoms with Gasteiger partial charge in [0.05, 0.1) is 5.56 Å². The van der Waals surface area contributed by atoms with Crippen LogP contribution in [-0.4, -0.2) is 10.9 Å². The van der Waals surface area contributed by atoms with E-state index in [4.69, 9.17) is 0 Å². The number of halogens is 3. The molecule has 110 valence electrons. The molecule has 0 saturated carbocycles. The lowest BCUT2D eigenvalue weighted by Crippen LogP contribution is -2.36. The van der Waals surface area contributed by atoms with Crippen molar-refractivity contribution in [1.82, 2.24) is 15.8 Å². The van der Waals surface area contributed by atoms with Crippen molar-refractivity contribution in [3.8, 4) is 0 Å². The average molecular weight is 295 g/mol. The fraction of sp³-hybridized carbons (Fsp3) is 0.143.